The summed E-state index contributed by atoms with van der Waals surface area (Å²) in [5.41, 5.74) is 0. The molecule has 0 aromatic heterocycles. The van der Waals surface area contributed by atoms with Gasteiger partial charge in [0.25, 0.3) is 0 Å². The molecule has 3 nitrogen and oxygen atoms in total. The Morgan fingerprint density at radius 2 is 2.43 bits per heavy atom. The van der Waals surface area contributed by atoms with Gasteiger partial charge in [-0.15, -0.1) is 0 Å². The van der Waals surface area contributed by atoms with E-state index in [-0.39, 0.29) is 6.61 Å². The number of hydrogen-bond donors (Lipinski definition) is 1. The Morgan fingerprint density at radius 3 is 3.00 bits per heavy atom. The molecule has 0 aliphatic rings. The second-order valence-corrected chi connectivity index (χ2v) is 4.07. The third-order valence-corrected chi connectivity index (χ3v) is 2.73. The number of hydrogen-bond acceptors (Lipinski definition) is 4. The van der Waals surface area contributed by atoms with Crippen LogP contribution in [0.3, 0.4) is 0 Å². The number of carbonyl (C=O) groups is 1. The molecule has 14 heavy (non-hydrogen) atoms. The maximum Gasteiger partial charge on any atom is 0.330 e. The zero-order valence-corrected chi connectivity index (χ0v) is 9.39. The van der Waals surface area contributed by atoms with Gasteiger partial charge in [0.05, 0.1) is 6.10 Å². The van der Waals surface area contributed by atoms with Crippen LogP contribution in [-0.2, 0) is 9.53 Å². The van der Waals surface area contributed by atoms with Crippen molar-refractivity contribution < 1.29 is 14.6 Å². The summed E-state index contributed by atoms with van der Waals surface area (Å²) in [7, 11) is 0. The molecule has 0 saturated carbocycles. The predicted molar refractivity (Wildman–Crippen MR) is 59.4 cm³/mol. The van der Waals surface area contributed by atoms with E-state index in [0.717, 1.165) is 24.7 Å². The standard InChI is InChI=1S/C10H18O3S/c1-3-5-6-14-8-9(11)7-13-10(12)4-2/h4,9,11H,2-3,5-8H2,1H3. The monoisotopic (exact) mass is 218 g/mol. The SMILES string of the molecule is C=CC(=O)OCC(O)CSCCCC. The second-order valence-electron chi connectivity index (χ2n) is 2.92. The smallest absolute Gasteiger partial charge is 0.330 e. The van der Waals surface area contributed by atoms with Crippen LogP contribution in [0.25, 0.3) is 0 Å². The first-order chi connectivity index (χ1) is 6.70. The van der Waals surface area contributed by atoms with Crippen molar-refractivity contribution in [1.29, 1.82) is 0 Å². The lowest BCUT2D eigenvalue weighted by Crippen LogP contribution is -2.20. The van der Waals surface area contributed by atoms with Gasteiger partial charge in [0, 0.05) is 11.8 Å². The molecule has 0 amide bonds. The molecule has 0 aliphatic carbocycles. The summed E-state index contributed by atoms with van der Waals surface area (Å²) in [4.78, 5) is 10.6. The van der Waals surface area contributed by atoms with Crippen LogP contribution < -0.4 is 0 Å². The normalized spacial score (nSPS) is 12.1. The number of carbonyl (C=O) groups excluding carboxylic acids is 1. The quantitative estimate of drug-likeness (QED) is 0.382. The van der Waals surface area contributed by atoms with E-state index >= 15 is 0 Å². The minimum Gasteiger partial charge on any atom is -0.460 e. The average Bonchev–Trinajstić information content (AvgIpc) is 2.21. The van der Waals surface area contributed by atoms with Crippen LogP contribution >= 0.6 is 11.8 Å². The molecule has 0 aromatic carbocycles. The topological polar surface area (TPSA) is 46.5 Å². The first kappa shape index (κ1) is 13.5. The van der Waals surface area contributed by atoms with Gasteiger partial charge in [0.15, 0.2) is 0 Å². The lowest BCUT2D eigenvalue weighted by Gasteiger charge is -2.09. The summed E-state index contributed by atoms with van der Waals surface area (Å²) in [5, 5.41) is 9.36. The number of rotatable bonds is 8. The molecule has 0 heterocycles. The van der Waals surface area contributed by atoms with E-state index in [1.54, 1.807) is 11.8 Å². The maximum absolute atomic E-state index is 10.6. The predicted octanol–water partition coefficient (Wildman–Crippen LogP) is 1.61. The summed E-state index contributed by atoms with van der Waals surface area (Å²) in [6, 6.07) is 0. The number of thioether (sulfide) groups is 1. The number of esters is 1. The molecule has 0 fully saturated rings. The average molecular weight is 218 g/mol. The van der Waals surface area contributed by atoms with Gasteiger partial charge < -0.3 is 9.84 Å². The summed E-state index contributed by atoms with van der Waals surface area (Å²) >= 11 is 1.68. The van der Waals surface area contributed by atoms with Gasteiger partial charge in [-0.3, -0.25) is 0 Å². The Morgan fingerprint density at radius 1 is 1.71 bits per heavy atom. The van der Waals surface area contributed by atoms with Crippen LogP contribution in [0.15, 0.2) is 12.7 Å². The van der Waals surface area contributed by atoms with Crippen molar-refractivity contribution in [2.45, 2.75) is 25.9 Å². The Kier molecular flexibility index (Phi) is 8.78. The zero-order valence-electron chi connectivity index (χ0n) is 8.57. The van der Waals surface area contributed by atoms with Crippen molar-refractivity contribution in [2.24, 2.45) is 0 Å². The largest absolute Gasteiger partial charge is 0.460 e. The van der Waals surface area contributed by atoms with Crippen molar-refractivity contribution in [2.75, 3.05) is 18.1 Å². The van der Waals surface area contributed by atoms with Crippen molar-refractivity contribution in [3.8, 4) is 0 Å². The highest BCUT2D eigenvalue weighted by molar-refractivity contribution is 7.99. The van der Waals surface area contributed by atoms with E-state index in [2.05, 4.69) is 18.2 Å². The van der Waals surface area contributed by atoms with Crippen molar-refractivity contribution in [1.82, 2.24) is 0 Å². The third kappa shape index (κ3) is 8.13. The molecule has 4 heteroatoms. The first-order valence-corrected chi connectivity index (χ1v) is 5.91. The molecule has 0 aromatic rings. The summed E-state index contributed by atoms with van der Waals surface area (Å²) in [6.45, 7) is 5.45. The highest BCUT2D eigenvalue weighted by Gasteiger charge is 2.06. The highest BCUT2D eigenvalue weighted by atomic mass is 32.2. The number of ether oxygens (including phenoxy) is 1. The lowest BCUT2D eigenvalue weighted by atomic mass is 10.4. The summed E-state index contributed by atoms with van der Waals surface area (Å²) < 4.78 is 4.69. The Hall–Kier alpha value is -0.480. The van der Waals surface area contributed by atoms with E-state index in [1.165, 1.54) is 0 Å². The second kappa shape index (κ2) is 9.09. The molecule has 0 rings (SSSR count). The molecule has 1 N–H and O–H groups in total. The minimum absolute atomic E-state index is 0.0595. The van der Waals surface area contributed by atoms with Crippen LogP contribution in [-0.4, -0.2) is 35.3 Å². The van der Waals surface area contributed by atoms with Crippen molar-refractivity contribution >= 4 is 17.7 Å². The van der Waals surface area contributed by atoms with Gasteiger partial charge in [0.2, 0.25) is 0 Å². The van der Waals surface area contributed by atoms with Crippen LogP contribution in [0.4, 0.5) is 0 Å². The van der Waals surface area contributed by atoms with Gasteiger partial charge >= 0.3 is 5.97 Å². The fourth-order valence-corrected chi connectivity index (χ4v) is 1.78. The van der Waals surface area contributed by atoms with Crippen molar-refractivity contribution in [3.63, 3.8) is 0 Å². The van der Waals surface area contributed by atoms with Crippen LogP contribution in [0.2, 0.25) is 0 Å². The highest BCUT2D eigenvalue weighted by Crippen LogP contribution is 2.06. The molecule has 0 aliphatic heterocycles. The Balaban J connectivity index is 3.31. The molecule has 0 saturated heterocycles. The minimum atomic E-state index is -0.569. The maximum atomic E-state index is 10.6. The van der Waals surface area contributed by atoms with E-state index in [4.69, 9.17) is 0 Å². The summed E-state index contributed by atoms with van der Waals surface area (Å²) in [6.07, 6.45) is 2.84. The van der Waals surface area contributed by atoms with Crippen LogP contribution in [0.5, 0.6) is 0 Å². The summed E-state index contributed by atoms with van der Waals surface area (Å²) in [5.74, 6) is 1.18. The molecular weight excluding hydrogens is 200 g/mol. The molecule has 1 atom stereocenters. The van der Waals surface area contributed by atoms with E-state index in [1.807, 2.05) is 0 Å². The van der Waals surface area contributed by atoms with Crippen LogP contribution in [0, 0.1) is 0 Å². The molecule has 0 spiro atoms. The van der Waals surface area contributed by atoms with E-state index in [9.17, 15) is 9.90 Å². The van der Waals surface area contributed by atoms with E-state index < -0.39 is 12.1 Å². The zero-order chi connectivity index (χ0) is 10.8. The molecule has 0 radical (unpaired) electrons. The first-order valence-electron chi connectivity index (χ1n) is 4.75. The Labute approximate surface area is 89.5 Å². The van der Waals surface area contributed by atoms with Gasteiger partial charge in [-0.05, 0) is 12.2 Å². The van der Waals surface area contributed by atoms with Crippen LogP contribution in [0.1, 0.15) is 19.8 Å². The molecule has 1 unspecified atom stereocenters. The Bertz CT molecular complexity index is 171. The fourth-order valence-electron chi connectivity index (χ4n) is 0.751. The molecular formula is C10H18O3S. The fraction of sp³-hybridized carbons (Fsp3) is 0.700. The lowest BCUT2D eigenvalue weighted by molar-refractivity contribution is -0.140. The number of aliphatic hydroxyl groups is 1. The third-order valence-electron chi connectivity index (χ3n) is 1.54. The number of aliphatic hydroxyl groups excluding tert-OH is 1. The number of unbranched alkanes of at least 4 members (excludes halogenated alkanes) is 1. The molecule has 0 bridgehead atoms. The van der Waals surface area contributed by atoms with Gasteiger partial charge in [0.1, 0.15) is 6.61 Å². The van der Waals surface area contributed by atoms with Gasteiger partial charge in [-0.1, -0.05) is 19.9 Å². The van der Waals surface area contributed by atoms with E-state index in [0.29, 0.717) is 5.75 Å². The van der Waals surface area contributed by atoms with Gasteiger partial charge in [-0.2, -0.15) is 11.8 Å². The van der Waals surface area contributed by atoms with Gasteiger partial charge in [-0.25, -0.2) is 4.79 Å². The molecule has 82 valence electrons. The van der Waals surface area contributed by atoms with Crippen molar-refractivity contribution in [3.05, 3.63) is 12.7 Å².